The number of nitrogens with zero attached hydrogens (tertiary/aromatic N) is 5. The SMILES string of the molecule is C=C(C1=C(N(C)C=O)N(C)C(SCC)N1Cc1ccc(C)nc1)N(C)CCCO. The zero-order valence-corrected chi connectivity index (χ0v) is 18.9. The van der Waals surface area contributed by atoms with Gasteiger partial charge in [-0.1, -0.05) is 19.6 Å². The van der Waals surface area contributed by atoms with Crippen molar-refractivity contribution >= 4 is 18.2 Å². The van der Waals surface area contributed by atoms with Crippen LogP contribution >= 0.6 is 11.8 Å². The van der Waals surface area contributed by atoms with Gasteiger partial charge < -0.3 is 24.7 Å². The van der Waals surface area contributed by atoms with Gasteiger partial charge in [0.05, 0.1) is 5.70 Å². The summed E-state index contributed by atoms with van der Waals surface area (Å²) in [5.41, 5.74) is 3.88. The zero-order valence-electron chi connectivity index (χ0n) is 18.1. The Balaban J connectivity index is 2.49. The lowest BCUT2D eigenvalue weighted by Crippen LogP contribution is -2.38. The van der Waals surface area contributed by atoms with Gasteiger partial charge in [0.25, 0.3) is 0 Å². The second-order valence-electron chi connectivity index (χ2n) is 7.16. The maximum Gasteiger partial charge on any atom is 0.215 e. The maximum atomic E-state index is 11.7. The van der Waals surface area contributed by atoms with Crippen molar-refractivity contribution in [3.63, 3.8) is 0 Å². The van der Waals surface area contributed by atoms with E-state index in [-0.39, 0.29) is 12.1 Å². The molecular formula is C21H33N5O2S. The Morgan fingerprint density at radius 3 is 2.69 bits per heavy atom. The van der Waals surface area contributed by atoms with Crippen molar-refractivity contribution in [2.75, 3.05) is 40.0 Å². The average molecular weight is 420 g/mol. The van der Waals surface area contributed by atoms with E-state index in [2.05, 4.69) is 34.4 Å². The van der Waals surface area contributed by atoms with Crippen LogP contribution in [0.1, 0.15) is 24.6 Å². The highest BCUT2D eigenvalue weighted by Gasteiger charge is 2.39. The van der Waals surface area contributed by atoms with Crippen LogP contribution < -0.4 is 0 Å². The molecule has 0 bridgehead atoms. The van der Waals surface area contributed by atoms with Crippen LogP contribution in [0.5, 0.6) is 0 Å². The normalized spacial score (nSPS) is 16.4. The van der Waals surface area contributed by atoms with Crippen LogP contribution in [0.25, 0.3) is 0 Å². The summed E-state index contributed by atoms with van der Waals surface area (Å²) in [5, 5.41) is 9.21. The first-order valence-electron chi connectivity index (χ1n) is 9.81. The summed E-state index contributed by atoms with van der Waals surface area (Å²) in [6.45, 7) is 9.93. The van der Waals surface area contributed by atoms with Gasteiger partial charge in [-0.2, -0.15) is 0 Å². The molecule has 1 aromatic heterocycles. The topological polar surface area (TPSA) is 63.2 Å². The number of hydrogen-bond donors (Lipinski definition) is 1. The predicted molar refractivity (Wildman–Crippen MR) is 119 cm³/mol. The molecule has 0 aliphatic carbocycles. The van der Waals surface area contributed by atoms with Crippen molar-refractivity contribution in [2.45, 2.75) is 32.3 Å². The third kappa shape index (κ3) is 5.25. The molecule has 1 atom stereocenters. The molecule has 2 rings (SSSR count). The van der Waals surface area contributed by atoms with Crippen molar-refractivity contribution in [1.82, 2.24) is 24.6 Å². The lowest BCUT2D eigenvalue weighted by Gasteiger charge is -2.33. The molecule has 7 nitrogen and oxygen atoms in total. The fraction of sp³-hybridized carbons (Fsp3) is 0.524. The van der Waals surface area contributed by atoms with Crippen LogP contribution in [0.3, 0.4) is 0 Å². The van der Waals surface area contributed by atoms with Gasteiger partial charge >= 0.3 is 0 Å². The summed E-state index contributed by atoms with van der Waals surface area (Å²) in [6, 6.07) is 4.11. The van der Waals surface area contributed by atoms with E-state index in [1.807, 2.05) is 49.9 Å². The Morgan fingerprint density at radius 2 is 2.14 bits per heavy atom. The van der Waals surface area contributed by atoms with E-state index in [9.17, 15) is 9.90 Å². The number of amides is 1. The Kier molecular flexibility index (Phi) is 8.40. The van der Waals surface area contributed by atoms with Gasteiger partial charge in [-0.25, -0.2) is 0 Å². The number of likely N-dealkylation sites (N-methyl/N-ethyl adjacent to an activating group) is 1. The van der Waals surface area contributed by atoms with E-state index < -0.39 is 0 Å². The molecule has 0 radical (unpaired) electrons. The smallest absolute Gasteiger partial charge is 0.215 e. The molecule has 1 aliphatic heterocycles. The van der Waals surface area contributed by atoms with E-state index in [0.29, 0.717) is 19.5 Å². The molecular weight excluding hydrogens is 386 g/mol. The molecule has 1 aliphatic rings. The number of aliphatic hydroxyl groups is 1. The Morgan fingerprint density at radius 1 is 1.41 bits per heavy atom. The molecule has 0 saturated heterocycles. The molecule has 8 heteroatoms. The van der Waals surface area contributed by atoms with Crippen molar-refractivity contribution in [3.8, 4) is 0 Å². The first-order valence-corrected chi connectivity index (χ1v) is 10.9. The highest BCUT2D eigenvalue weighted by molar-refractivity contribution is 7.99. The van der Waals surface area contributed by atoms with Gasteiger partial charge in [0.15, 0.2) is 5.50 Å². The van der Waals surface area contributed by atoms with E-state index >= 15 is 0 Å². The number of aryl methyl sites for hydroxylation is 1. The summed E-state index contributed by atoms with van der Waals surface area (Å²) in [4.78, 5) is 24.2. The molecule has 1 unspecified atom stereocenters. The minimum Gasteiger partial charge on any atom is -0.396 e. The number of aromatic nitrogens is 1. The molecule has 2 heterocycles. The van der Waals surface area contributed by atoms with Gasteiger partial charge in [0.1, 0.15) is 11.5 Å². The van der Waals surface area contributed by atoms with Crippen LogP contribution in [0.15, 0.2) is 42.1 Å². The van der Waals surface area contributed by atoms with Gasteiger partial charge in [-0.15, -0.1) is 11.8 Å². The van der Waals surface area contributed by atoms with Crippen LogP contribution in [0, 0.1) is 6.92 Å². The molecule has 0 aromatic carbocycles. The summed E-state index contributed by atoms with van der Waals surface area (Å²) >= 11 is 1.81. The first-order chi connectivity index (χ1) is 13.8. The van der Waals surface area contributed by atoms with Crippen molar-refractivity contribution < 1.29 is 9.90 Å². The lowest BCUT2D eigenvalue weighted by atomic mass is 10.2. The van der Waals surface area contributed by atoms with Gasteiger partial charge in [-0.3, -0.25) is 9.78 Å². The highest BCUT2D eigenvalue weighted by atomic mass is 32.2. The van der Waals surface area contributed by atoms with Crippen LogP contribution in [0.4, 0.5) is 0 Å². The van der Waals surface area contributed by atoms with Crippen LogP contribution in [-0.2, 0) is 11.3 Å². The van der Waals surface area contributed by atoms with Crippen molar-refractivity contribution in [3.05, 3.63) is 53.4 Å². The van der Waals surface area contributed by atoms with E-state index in [1.54, 1.807) is 11.9 Å². The average Bonchev–Trinajstić information content (AvgIpc) is 2.98. The molecule has 1 amide bonds. The minimum atomic E-state index is 0.0386. The zero-order chi connectivity index (χ0) is 21.6. The Bertz CT molecular complexity index is 737. The van der Waals surface area contributed by atoms with Gasteiger partial charge in [-0.05, 0) is 30.7 Å². The third-order valence-electron chi connectivity index (χ3n) is 4.95. The molecule has 160 valence electrons. The van der Waals surface area contributed by atoms with E-state index in [4.69, 9.17) is 0 Å². The highest BCUT2D eigenvalue weighted by Crippen LogP contribution is 2.39. The van der Waals surface area contributed by atoms with Crippen molar-refractivity contribution in [2.24, 2.45) is 0 Å². The summed E-state index contributed by atoms with van der Waals surface area (Å²) in [5.74, 6) is 1.77. The van der Waals surface area contributed by atoms with Crippen molar-refractivity contribution in [1.29, 1.82) is 0 Å². The lowest BCUT2D eigenvalue weighted by molar-refractivity contribution is -0.116. The minimum absolute atomic E-state index is 0.0386. The number of carbonyl (C=O) groups is 1. The number of thioether (sulfide) groups is 1. The number of pyridine rings is 1. The second-order valence-corrected chi connectivity index (χ2v) is 8.49. The first kappa shape index (κ1) is 23.1. The van der Waals surface area contributed by atoms with E-state index in [0.717, 1.165) is 40.6 Å². The molecule has 0 fully saturated rings. The number of hydrogen-bond acceptors (Lipinski definition) is 7. The van der Waals surface area contributed by atoms with Crippen LogP contribution in [0.2, 0.25) is 0 Å². The summed E-state index contributed by atoms with van der Waals surface area (Å²) < 4.78 is 0. The van der Waals surface area contributed by atoms with Gasteiger partial charge in [0, 0.05) is 52.7 Å². The molecule has 0 saturated carbocycles. The predicted octanol–water partition coefficient (Wildman–Crippen LogP) is 2.26. The third-order valence-corrected chi connectivity index (χ3v) is 6.15. The maximum absolute atomic E-state index is 11.7. The monoisotopic (exact) mass is 419 g/mol. The Hall–Kier alpha value is -2.19. The number of rotatable bonds is 11. The standard InChI is InChI=1S/C21H33N5O2S/c1-7-29-21-25(6)20(24(5)15-28)19(17(3)23(4)11-8-12-27)26(21)14-18-10-9-16(2)22-13-18/h9-10,13,15,21,27H,3,7-8,11-12,14H2,1-2,4-6H3. The Labute approximate surface area is 178 Å². The number of carbonyl (C=O) groups excluding carboxylic acids is 1. The molecule has 1 aromatic rings. The van der Waals surface area contributed by atoms with Crippen LogP contribution in [-0.4, -0.2) is 81.6 Å². The molecule has 29 heavy (non-hydrogen) atoms. The van der Waals surface area contributed by atoms with Gasteiger partial charge in [0.2, 0.25) is 6.41 Å². The summed E-state index contributed by atoms with van der Waals surface area (Å²) in [6.07, 6.45) is 3.39. The second kappa shape index (κ2) is 10.5. The molecule has 1 N–H and O–H groups in total. The fourth-order valence-corrected chi connectivity index (χ4v) is 4.38. The largest absolute Gasteiger partial charge is 0.396 e. The molecule has 0 spiro atoms. The number of aliphatic hydroxyl groups excluding tert-OH is 1. The van der Waals surface area contributed by atoms with E-state index in [1.165, 1.54) is 0 Å². The quantitative estimate of drug-likeness (QED) is 0.552. The fourth-order valence-electron chi connectivity index (χ4n) is 3.40. The summed E-state index contributed by atoms with van der Waals surface area (Å²) in [7, 11) is 5.75.